The third-order valence-corrected chi connectivity index (χ3v) is 2.34. The highest BCUT2D eigenvalue weighted by molar-refractivity contribution is 5.69. The van der Waals surface area contributed by atoms with Crippen LogP contribution in [0.1, 0.15) is 24.2 Å². The van der Waals surface area contributed by atoms with E-state index in [-0.39, 0.29) is 12.0 Å². The number of ether oxygens (including phenoxy) is 1. The molecule has 1 unspecified atom stereocenters. The van der Waals surface area contributed by atoms with Crippen LogP contribution < -0.4 is 5.73 Å². The molecule has 0 aliphatic rings. The number of carbonyl (C=O) groups is 1. The second-order valence-corrected chi connectivity index (χ2v) is 3.55. The van der Waals surface area contributed by atoms with Gasteiger partial charge in [-0.1, -0.05) is 0 Å². The van der Waals surface area contributed by atoms with E-state index in [9.17, 15) is 4.79 Å². The number of H-pyrrole nitrogens is 1. The number of nitrogens with one attached hydrogen (secondary N) is 1. The summed E-state index contributed by atoms with van der Waals surface area (Å²) in [6.07, 6.45) is 3.32. The molecule has 5 nitrogen and oxygen atoms in total. The third-order valence-electron chi connectivity index (χ3n) is 2.34. The van der Waals surface area contributed by atoms with Crippen molar-refractivity contribution in [3.8, 4) is 0 Å². The van der Waals surface area contributed by atoms with Gasteiger partial charge in [-0.2, -0.15) is 0 Å². The average molecular weight is 211 g/mol. The first-order valence-corrected chi connectivity index (χ1v) is 4.94. The zero-order valence-corrected chi connectivity index (χ0v) is 9.12. The summed E-state index contributed by atoms with van der Waals surface area (Å²) < 4.78 is 4.54. The number of hydrogen-bond acceptors (Lipinski definition) is 4. The van der Waals surface area contributed by atoms with Crippen molar-refractivity contribution in [2.75, 3.05) is 7.11 Å². The molecule has 0 saturated carbocycles. The zero-order chi connectivity index (χ0) is 11.3. The van der Waals surface area contributed by atoms with Crippen molar-refractivity contribution in [2.24, 2.45) is 5.73 Å². The third kappa shape index (κ3) is 3.71. The van der Waals surface area contributed by atoms with E-state index in [1.807, 2.05) is 6.92 Å². The van der Waals surface area contributed by atoms with Crippen LogP contribution in [0.2, 0.25) is 0 Å². The smallest absolute Gasteiger partial charge is 0.305 e. The van der Waals surface area contributed by atoms with Crippen molar-refractivity contribution in [1.82, 2.24) is 9.97 Å². The fraction of sp³-hybridized carbons (Fsp3) is 0.600. The molecule has 1 aromatic heterocycles. The van der Waals surface area contributed by atoms with E-state index in [0.717, 1.165) is 11.4 Å². The summed E-state index contributed by atoms with van der Waals surface area (Å²) in [5.74, 6) is -0.218. The summed E-state index contributed by atoms with van der Waals surface area (Å²) in [5, 5.41) is 0. The van der Waals surface area contributed by atoms with Gasteiger partial charge >= 0.3 is 5.97 Å². The van der Waals surface area contributed by atoms with E-state index in [1.54, 1.807) is 6.33 Å². The maximum Gasteiger partial charge on any atom is 0.305 e. The number of aromatic amines is 1. The number of imidazole rings is 1. The van der Waals surface area contributed by atoms with Gasteiger partial charge in [0, 0.05) is 24.6 Å². The topological polar surface area (TPSA) is 81.0 Å². The van der Waals surface area contributed by atoms with Gasteiger partial charge in [0.1, 0.15) is 0 Å². The van der Waals surface area contributed by atoms with Gasteiger partial charge in [-0.3, -0.25) is 4.79 Å². The summed E-state index contributed by atoms with van der Waals surface area (Å²) in [4.78, 5) is 18.0. The SMILES string of the molecule is COC(=O)CCC(N)Cc1nc[nH]c1C. The molecule has 0 bridgehead atoms. The van der Waals surface area contributed by atoms with Gasteiger partial charge in [0.05, 0.1) is 19.1 Å². The molecule has 5 heteroatoms. The molecule has 84 valence electrons. The molecule has 15 heavy (non-hydrogen) atoms. The minimum atomic E-state index is -0.218. The first kappa shape index (κ1) is 11.7. The largest absolute Gasteiger partial charge is 0.469 e. The van der Waals surface area contributed by atoms with Crippen LogP contribution in [-0.2, 0) is 16.0 Å². The lowest BCUT2D eigenvalue weighted by Crippen LogP contribution is -2.24. The Morgan fingerprint density at radius 1 is 1.73 bits per heavy atom. The van der Waals surface area contributed by atoms with Crippen LogP contribution in [0, 0.1) is 6.92 Å². The highest BCUT2D eigenvalue weighted by atomic mass is 16.5. The molecule has 0 spiro atoms. The minimum absolute atomic E-state index is 0.0499. The molecular formula is C10H17N3O2. The summed E-state index contributed by atoms with van der Waals surface area (Å²) in [7, 11) is 1.38. The summed E-state index contributed by atoms with van der Waals surface area (Å²) in [6, 6.07) is -0.0499. The van der Waals surface area contributed by atoms with Crippen molar-refractivity contribution in [1.29, 1.82) is 0 Å². The predicted octanol–water partition coefficient (Wildman–Crippen LogP) is 0.541. The number of aryl methyl sites for hydroxylation is 1. The van der Waals surface area contributed by atoms with Gasteiger partial charge in [-0.05, 0) is 13.3 Å². The molecule has 0 aliphatic carbocycles. The van der Waals surface area contributed by atoms with E-state index in [4.69, 9.17) is 5.73 Å². The fourth-order valence-electron chi connectivity index (χ4n) is 1.35. The average Bonchev–Trinajstić information content (AvgIpc) is 2.61. The van der Waals surface area contributed by atoms with Crippen LogP contribution in [0.5, 0.6) is 0 Å². The van der Waals surface area contributed by atoms with Gasteiger partial charge < -0.3 is 15.5 Å². The molecule has 1 aromatic rings. The second-order valence-electron chi connectivity index (χ2n) is 3.55. The molecule has 1 rings (SSSR count). The van der Waals surface area contributed by atoms with Crippen LogP contribution in [0.25, 0.3) is 0 Å². The van der Waals surface area contributed by atoms with Crippen molar-refractivity contribution in [3.63, 3.8) is 0 Å². The molecule has 0 amide bonds. The minimum Gasteiger partial charge on any atom is -0.469 e. The van der Waals surface area contributed by atoms with Crippen LogP contribution in [-0.4, -0.2) is 29.1 Å². The highest BCUT2D eigenvalue weighted by Gasteiger charge is 2.10. The standard InChI is InChI=1S/C10H17N3O2/c1-7-9(13-6-12-7)5-8(11)3-4-10(14)15-2/h6,8H,3-5,11H2,1-2H3,(H,12,13). The lowest BCUT2D eigenvalue weighted by atomic mass is 10.1. The van der Waals surface area contributed by atoms with Crippen LogP contribution >= 0.6 is 0 Å². The number of hydrogen-bond donors (Lipinski definition) is 2. The molecule has 0 aromatic carbocycles. The normalized spacial score (nSPS) is 12.5. The maximum atomic E-state index is 10.9. The highest BCUT2D eigenvalue weighted by Crippen LogP contribution is 2.07. The number of carbonyl (C=O) groups excluding carboxylic acids is 1. The van der Waals surface area contributed by atoms with E-state index in [0.29, 0.717) is 19.3 Å². The maximum absolute atomic E-state index is 10.9. The van der Waals surface area contributed by atoms with Gasteiger partial charge in [-0.15, -0.1) is 0 Å². The Hall–Kier alpha value is -1.36. The van der Waals surface area contributed by atoms with Crippen LogP contribution in [0.3, 0.4) is 0 Å². The number of aromatic nitrogens is 2. The van der Waals surface area contributed by atoms with Crippen LogP contribution in [0.4, 0.5) is 0 Å². The second kappa shape index (κ2) is 5.50. The van der Waals surface area contributed by atoms with Gasteiger partial charge in [0.15, 0.2) is 0 Å². The van der Waals surface area contributed by atoms with Gasteiger partial charge in [-0.25, -0.2) is 4.98 Å². The lowest BCUT2D eigenvalue weighted by Gasteiger charge is -2.09. The zero-order valence-electron chi connectivity index (χ0n) is 9.12. The molecule has 0 fully saturated rings. The summed E-state index contributed by atoms with van der Waals surface area (Å²) in [5.41, 5.74) is 7.87. The Labute approximate surface area is 89.0 Å². The summed E-state index contributed by atoms with van der Waals surface area (Å²) in [6.45, 7) is 1.95. The quantitative estimate of drug-likeness (QED) is 0.696. The Bertz CT molecular complexity index is 322. The molecule has 0 aliphatic heterocycles. The van der Waals surface area contributed by atoms with Crippen molar-refractivity contribution in [3.05, 3.63) is 17.7 Å². The molecule has 0 saturated heterocycles. The first-order valence-electron chi connectivity index (χ1n) is 4.94. The number of methoxy groups -OCH3 is 1. The lowest BCUT2D eigenvalue weighted by molar-refractivity contribution is -0.140. The number of nitrogens with two attached hydrogens (primary N) is 1. The van der Waals surface area contributed by atoms with E-state index in [1.165, 1.54) is 7.11 Å². The van der Waals surface area contributed by atoms with Crippen molar-refractivity contribution < 1.29 is 9.53 Å². The first-order chi connectivity index (χ1) is 7.13. The van der Waals surface area contributed by atoms with Gasteiger partial charge in [0.25, 0.3) is 0 Å². The number of esters is 1. The molecule has 1 atom stereocenters. The number of nitrogens with zero attached hydrogens (tertiary/aromatic N) is 1. The van der Waals surface area contributed by atoms with Crippen molar-refractivity contribution >= 4 is 5.97 Å². The monoisotopic (exact) mass is 211 g/mol. The van der Waals surface area contributed by atoms with E-state index < -0.39 is 0 Å². The Morgan fingerprint density at radius 3 is 3.00 bits per heavy atom. The van der Waals surface area contributed by atoms with Gasteiger partial charge in [0.2, 0.25) is 0 Å². The molecule has 3 N–H and O–H groups in total. The molecule has 0 radical (unpaired) electrons. The fourth-order valence-corrected chi connectivity index (χ4v) is 1.35. The Balaban J connectivity index is 2.33. The Morgan fingerprint density at radius 2 is 2.47 bits per heavy atom. The predicted molar refractivity (Wildman–Crippen MR) is 56.3 cm³/mol. The number of rotatable bonds is 5. The van der Waals surface area contributed by atoms with E-state index >= 15 is 0 Å². The molecular weight excluding hydrogens is 194 g/mol. The van der Waals surface area contributed by atoms with E-state index in [2.05, 4.69) is 14.7 Å². The van der Waals surface area contributed by atoms with Crippen LogP contribution in [0.15, 0.2) is 6.33 Å². The van der Waals surface area contributed by atoms with Crippen molar-refractivity contribution in [2.45, 2.75) is 32.2 Å². The Kier molecular flexibility index (Phi) is 4.30. The molecule has 1 heterocycles. The summed E-state index contributed by atoms with van der Waals surface area (Å²) >= 11 is 0.